The van der Waals surface area contributed by atoms with Crippen LogP contribution in [0.5, 0.6) is 5.75 Å². The van der Waals surface area contributed by atoms with Gasteiger partial charge in [-0.15, -0.1) is 0 Å². The molecule has 156 valence electrons. The van der Waals surface area contributed by atoms with Gasteiger partial charge in [-0.1, -0.05) is 38.1 Å². The molecule has 0 amide bonds. The summed E-state index contributed by atoms with van der Waals surface area (Å²) in [6.45, 7) is 6.08. The van der Waals surface area contributed by atoms with E-state index in [1.165, 1.54) is 7.11 Å². The highest BCUT2D eigenvalue weighted by molar-refractivity contribution is 6.04. The number of rotatable bonds is 3. The fourth-order valence-electron chi connectivity index (χ4n) is 4.70. The number of dihydropyridines is 1. The average Bonchev–Trinajstić information content (AvgIpc) is 2.70. The molecule has 0 saturated carbocycles. The molecule has 0 aromatic heterocycles. The molecule has 0 bridgehead atoms. The van der Waals surface area contributed by atoms with Crippen LogP contribution in [0.3, 0.4) is 0 Å². The Kier molecular flexibility index (Phi) is 4.92. The Morgan fingerprint density at radius 3 is 2.47 bits per heavy atom. The Labute approximate surface area is 176 Å². The Bertz CT molecular complexity index is 1120. The van der Waals surface area contributed by atoms with E-state index in [-0.39, 0.29) is 11.2 Å². The molecular weight excluding hydrogens is 378 g/mol. The zero-order valence-corrected chi connectivity index (χ0v) is 18.1. The lowest BCUT2D eigenvalue weighted by molar-refractivity contribution is -0.136. The van der Waals surface area contributed by atoms with Gasteiger partial charge in [0.1, 0.15) is 5.75 Å². The van der Waals surface area contributed by atoms with E-state index in [2.05, 4.69) is 25.2 Å². The van der Waals surface area contributed by atoms with Gasteiger partial charge in [0.15, 0.2) is 5.78 Å². The molecule has 1 aliphatic heterocycles. The summed E-state index contributed by atoms with van der Waals surface area (Å²) in [7, 11) is 3.02. The van der Waals surface area contributed by atoms with Crippen LogP contribution in [0.25, 0.3) is 10.8 Å². The van der Waals surface area contributed by atoms with Crippen LogP contribution in [0, 0.1) is 5.41 Å². The Morgan fingerprint density at radius 2 is 1.77 bits per heavy atom. The number of hydrogen-bond acceptors (Lipinski definition) is 5. The van der Waals surface area contributed by atoms with E-state index in [0.29, 0.717) is 17.6 Å². The lowest BCUT2D eigenvalue weighted by Gasteiger charge is -2.39. The van der Waals surface area contributed by atoms with Crippen LogP contribution in [-0.2, 0) is 14.3 Å². The van der Waals surface area contributed by atoms with Crippen LogP contribution in [0.4, 0.5) is 0 Å². The van der Waals surface area contributed by atoms with Crippen molar-refractivity contribution in [2.75, 3.05) is 14.2 Å². The lowest BCUT2D eigenvalue weighted by Crippen LogP contribution is -2.38. The highest BCUT2D eigenvalue weighted by Gasteiger charge is 2.43. The van der Waals surface area contributed by atoms with Crippen molar-refractivity contribution in [1.29, 1.82) is 0 Å². The van der Waals surface area contributed by atoms with Crippen molar-refractivity contribution in [1.82, 2.24) is 5.32 Å². The van der Waals surface area contributed by atoms with Crippen LogP contribution < -0.4 is 10.1 Å². The van der Waals surface area contributed by atoms with Gasteiger partial charge in [0.05, 0.1) is 19.8 Å². The number of ether oxygens (including phenoxy) is 2. The maximum Gasteiger partial charge on any atom is 0.336 e. The molecule has 1 unspecified atom stereocenters. The highest BCUT2D eigenvalue weighted by atomic mass is 16.5. The van der Waals surface area contributed by atoms with E-state index in [4.69, 9.17) is 9.47 Å². The number of benzene rings is 2. The summed E-state index contributed by atoms with van der Waals surface area (Å²) in [4.78, 5) is 26.0. The van der Waals surface area contributed by atoms with Crippen molar-refractivity contribution >= 4 is 22.5 Å². The molecule has 1 heterocycles. The summed E-state index contributed by atoms with van der Waals surface area (Å²) in [5, 5.41) is 5.41. The number of Topliss-reactive ketones (excluding diaryl/α,β-unsaturated/α-hetero) is 1. The third-order valence-electron chi connectivity index (χ3n) is 6.05. The predicted octanol–water partition coefficient (Wildman–Crippen LogP) is 4.63. The third-order valence-corrected chi connectivity index (χ3v) is 6.05. The number of carbonyl (C=O) groups excluding carboxylic acids is 2. The van der Waals surface area contributed by atoms with Gasteiger partial charge in [-0.2, -0.15) is 0 Å². The van der Waals surface area contributed by atoms with Crippen molar-refractivity contribution < 1.29 is 19.1 Å². The molecule has 1 aliphatic carbocycles. The van der Waals surface area contributed by atoms with Crippen molar-refractivity contribution in [2.24, 2.45) is 5.41 Å². The standard InChI is InChI=1S/C25H27NO4/c1-14-21(24(28)30-5)22(23-19(26-14)12-25(2,3)13-20(23)27)17-7-6-16-11-18(29-4)9-8-15(16)10-17/h6-11,22,26H,12-13H2,1-5H3. The largest absolute Gasteiger partial charge is 0.497 e. The zero-order valence-electron chi connectivity index (χ0n) is 18.1. The molecule has 2 aromatic carbocycles. The van der Waals surface area contributed by atoms with Crippen molar-refractivity contribution in [3.8, 4) is 5.75 Å². The van der Waals surface area contributed by atoms with Crippen LogP contribution in [-0.4, -0.2) is 26.0 Å². The second-order valence-electron chi connectivity index (χ2n) is 8.89. The van der Waals surface area contributed by atoms with Gasteiger partial charge in [0, 0.05) is 29.3 Å². The molecule has 1 N–H and O–H groups in total. The molecule has 1 atom stereocenters. The zero-order chi connectivity index (χ0) is 21.6. The highest BCUT2D eigenvalue weighted by Crippen LogP contribution is 2.47. The van der Waals surface area contributed by atoms with Crippen LogP contribution in [0.2, 0.25) is 0 Å². The molecule has 2 aliphatic rings. The summed E-state index contributed by atoms with van der Waals surface area (Å²) in [6.07, 6.45) is 1.23. The minimum Gasteiger partial charge on any atom is -0.497 e. The molecule has 0 fully saturated rings. The van der Waals surface area contributed by atoms with E-state index >= 15 is 0 Å². The summed E-state index contributed by atoms with van der Waals surface area (Å²) in [5.41, 5.74) is 3.64. The number of ketones is 1. The summed E-state index contributed by atoms with van der Waals surface area (Å²) >= 11 is 0. The molecule has 0 radical (unpaired) electrons. The fraction of sp³-hybridized carbons (Fsp3) is 0.360. The topological polar surface area (TPSA) is 64.6 Å². The normalized spacial score (nSPS) is 20.7. The minimum absolute atomic E-state index is 0.0856. The van der Waals surface area contributed by atoms with Gasteiger partial charge in [-0.3, -0.25) is 4.79 Å². The van der Waals surface area contributed by atoms with Gasteiger partial charge in [-0.25, -0.2) is 4.79 Å². The molecule has 30 heavy (non-hydrogen) atoms. The van der Waals surface area contributed by atoms with E-state index < -0.39 is 11.9 Å². The SMILES string of the molecule is COC(=O)C1=C(C)NC2=C(C(=O)CC(C)(C)C2)C1c1ccc2cc(OC)ccc2c1. The number of carbonyl (C=O) groups is 2. The third kappa shape index (κ3) is 3.38. The van der Waals surface area contributed by atoms with Crippen molar-refractivity contribution in [3.05, 3.63) is 64.5 Å². The minimum atomic E-state index is -0.441. The van der Waals surface area contributed by atoms with Crippen LogP contribution in [0.15, 0.2) is 58.9 Å². The molecule has 2 aromatic rings. The first-order valence-corrected chi connectivity index (χ1v) is 10.1. The molecule has 0 saturated heterocycles. The van der Waals surface area contributed by atoms with Crippen LogP contribution in [0.1, 0.15) is 45.1 Å². The predicted molar refractivity (Wildman–Crippen MR) is 116 cm³/mol. The maximum atomic E-state index is 13.2. The lowest BCUT2D eigenvalue weighted by atomic mass is 9.68. The summed E-state index contributed by atoms with van der Waals surface area (Å²) in [6, 6.07) is 11.9. The summed E-state index contributed by atoms with van der Waals surface area (Å²) < 4.78 is 10.4. The van der Waals surface area contributed by atoms with E-state index in [1.807, 2.05) is 37.3 Å². The first kappa shape index (κ1) is 20.2. The molecule has 4 rings (SSSR count). The first-order chi connectivity index (χ1) is 14.2. The Morgan fingerprint density at radius 1 is 1.07 bits per heavy atom. The fourth-order valence-corrected chi connectivity index (χ4v) is 4.70. The first-order valence-electron chi connectivity index (χ1n) is 10.1. The number of esters is 1. The number of nitrogens with one attached hydrogen (secondary N) is 1. The van der Waals surface area contributed by atoms with E-state index in [0.717, 1.165) is 39.9 Å². The van der Waals surface area contributed by atoms with Gasteiger partial charge in [-0.05, 0) is 47.2 Å². The molecule has 5 heteroatoms. The quantitative estimate of drug-likeness (QED) is 0.755. The molecular formula is C25H27NO4. The number of allylic oxidation sites excluding steroid dienone is 3. The van der Waals surface area contributed by atoms with Gasteiger partial charge in [0.2, 0.25) is 0 Å². The maximum absolute atomic E-state index is 13.2. The second-order valence-corrected chi connectivity index (χ2v) is 8.89. The van der Waals surface area contributed by atoms with Crippen molar-refractivity contribution in [2.45, 2.75) is 39.5 Å². The van der Waals surface area contributed by atoms with Gasteiger partial charge < -0.3 is 14.8 Å². The van der Waals surface area contributed by atoms with E-state index in [9.17, 15) is 9.59 Å². The number of fused-ring (bicyclic) bond motifs is 1. The summed E-state index contributed by atoms with van der Waals surface area (Å²) in [5.74, 6) is 0.0214. The smallest absolute Gasteiger partial charge is 0.336 e. The molecule has 0 spiro atoms. The average molecular weight is 405 g/mol. The number of hydrogen-bond donors (Lipinski definition) is 1. The Hall–Kier alpha value is -3.08. The van der Waals surface area contributed by atoms with E-state index in [1.54, 1.807) is 7.11 Å². The van der Waals surface area contributed by atoms with Gasteiger partial charge in [0.25, 0.3) is 0 Å². The molecule has 5 nitrogen and oxygen atoms in total. The number of methoxy groups -OCH3 is 2. The van der Waals surface area contributed by atoms with Crippen LogP contribution >= 0.6 is 0 Å². The monoisotopic (exact) mass is 405 g/mol. The second kappa shape index (κ2) is 7.31. The van der Waals surface area contributed by atoms with Gasteiger partial charge >= 0.3 is 5.97 Å². The Balaban J connectivity index is 1.91. The van der Waals surface area contributed by atoms with Crippen molar-refractivity contribution in [3.63, 3.8) is 0 Å².